The van der Waals surface area contributed by atoms with Gasteiger partial charge in [-0.05, 0) is 17.7 Å². The van der Waals surface area contributed by atoms with Crippen molar-refractivity contribution in [3.8, 4) is 0 Å². The highest BCUT2D eigenvalue weighted by molar-refractivity contribution is 5.90. The van der Waals surface area contributed by atoms with E-state index in [0.717, 1.165) is 12.1 Å². The maximum absolute atomic E-state index is 13.2. The summed E-state index contributed by atoms with van der Waals surface area (Å²) in [7, 11) is 0. The molecule has 0 aromatic heterocycles. The summed E-state index contributed by atoms with van der Waals surface area (Å²) in [5.74, 6) is -2.97. The second kappa shape index (κ2) is 4.65. The van der Waals surface area contributed by atoms with Crippen LogP contribution in [0.4, 0.5) is 8.78 Å². The molecule has 0 saturated carbocycles. The lowest BCUT2D eigenvalue weighted by Crippen LogP contribution is -1.99. The molecule has 0 aliphatic carbocycles. The molecule has 2 N–H and O–H groups in total. The van der Waals surface area contributed by atoms with E-state index < -0.39 is 24.2 Å². The number of benzene rings is 1. The van der Waals surface area contributed by atoms with Crippen molar-refractivity contribution < 1.29 is 23.8 Å². The van der Waals surface area contributed by atoms with Gasteiger partial charge in [0.1, 0.15) is 11.6 Å². The third-order valence-electron chi connectivity index (χ3n) is 1.75. The van der Waals surface area contributed by atoms with E-state index in [1.807, 2.05) is 0 Å². The second-order valence-electron chi connectivity index (χ2n) is 2.79. The van der Waals surface area contributed by atoms with Crippen molar-refractivity contribution in [1.29, 1.82) is 0 Å². The van der Waals surface area contributed by atoms with Gasteiger partial charge in [-0.2, -0.15) is 0 Å². The molecule has 0 fully saturated rings. The predicted molar refractivity (Wildman–Crippen MR) is 49.1 cm³/mol. The standard InChI is InChI=1S/C10H8F2O3/c11-7-1-2-8(9(12)4-7)6(5-13)3-10(14)15/h1-4,13H,5H2,(H,14,15)/b6-3+. The zero-order valence-electron chi connectivity index (χ0n) is 7.58. The first-order valence-electron chi connectivity index (χ1n) is 4.04. The van der Waals surface area contributed by atoms with E-state index in [-0.39, 0.29) is 11.1 Å². The van der Waals surface area contributed by atoms with E-state index in [2.05, 4.69) is 0 Å². The van der Waals surface area contributed by atoms with Crippen LogP contribution >= 0.6 is 0 Å². The van der Waals surface area contributed by atoms with Crippen LogP contribution in [0.1, 0.15) is 5.56 Å². The molecule has 0 bridgehead atoms. The average molecular weight is 214 g/mol. The SMILES string of the molecule is O=C(O)/C=C(\CO)c1ccc(F)cc1F. The largest absolute Gasteiger partial charge is 0.478 e. The summed E-state index contributed by atoms with van der Waals surface area (Å²) >= 11 is 0. The van der Waals surface area contributed by atoms with Gasteiger partial charge in [0.2, 0.25) is 0 Å². The zero-order chi connectivity index (χ0) is 11.4. The molecule has 0 amide bonds. The molecule has 3 nitrogen and oxygen atoms in total. The summed E-state index contributed by atoms with van der Waals surface area (Å²) in [5.41, 5.74) is -0.235. The summed E-state index contributed by atoms with van der Waals surface area (Å²) in [6.45, 7) is -0.630. The highest BCUT2D eigenvalue weighted by atomic mass is 19.1. The van der Waals surface area contributed by atoms with Gasteiger partial charge in [0.15, 0.2) is 0 Å². The molecule has 1 aromatic carbocycles. The number of carboxylic acids is 1. The summed E-state index contributed by atoms with van der Waals surface area (Å²) in [6.07, 6.45) is 0.677. The number of aliphatic hydroxyl groups excluding tert-OH is 1. The molecular formula is C10H8F2O3. The molecule has 5 heteroatoms. The summed E-state index contributed by atoms with van der Waals surface area (Å²) in [4.78, 5) is 10.3. The van der Waals surface area contributed by atoms with Gasteiger partial charge in [-0.15, -0.1) is 0 Å². The van der Waals surface area contributed by atoms with E-state index in [1.165, 1.54) is 0 Å². The van der Waals surface area contributed by atoms with Crippen LogP contribution in [-0.2, 0) is 4.79 Å². The number of aliphatic hydroxyl groups is 1. The minimum atomic E-state index is -1.30. The van der Waals surface area contributed by atoms with Crippen molar-refractivity contribution in [2.24, 2.45) is 0 Å². The first kappa shape index (κ1) is 11.3. The van der Waals surface area contributed by atoms with Gasteiger partial charge in [0, 0.05) is 17.7 Å². The third-order valence-corrected chi connectivity index (χ3v) is 1.75. The maximum Gasteiger partial charge on any atom is 0.328 e. The zero-order valence-corrected chi connectivity index (χ0v) is 7.58. The minimum Gasteiger partial charge on any atom is -0.478 e. The van der Waals surface area contributed by atoms with Gasteiger partial charge in [-0.25, -0.2) is 13.6 Å². The molecule has 1 aromatic rings. The molecule has 15 heavy (non-hydrogen) atoms. The monoisotopic (exact) mass is 214 g/mol. The lowest BCUT2D eigenvalue weighted by atomic mass is 10.1. The van der Waals surface area contributed by atoms with Gasteiger partial charge in [0.05, 0.1) is 6.61 Å². The predicted octanol–water partition coefficient (Wildman–Crippen LogP) is 1.43. The lowest BCUT2D eigenvalue weighted by molar-refractivity contribution is -0.131. The number of hydrogen-bond acceptors (Lipinski definition) is 2. The van der Waals surface area contributed by atoms with Crippen molar-refractivity contribution in [3.63, 3.8) is 0 Å². The van der Waals surface area contributed by atoms with Gasteiger partial charge in [-0.3, -0.25) is 0 Å². The number of carbonyl (C=O) groups is 1. The van der Waals surface area contributed by atoms with E-state index >= 15 is 0 Å². The van der Waals surface area contributed by atoms with Gasteiger partial charge >= 0.3 is 5.97 Å². The lowest BCUT2D eigenvalue weighted by Gasteiger charge is -2.04. The van der Waals surface area contributed by atoms with E-state index in [9.17, 15) is 13.6 Å². The summed E-state index contributed by atoms with van der Waals surface area (Å²) in [6, 6.07) is 2.69. The highest BCUT2D eigenvalue weighted by Gasteiger charge is 2.09. The normalized spacial score (nSPS) is 11.5. The fourth-order valence-electron chi connectivity index (χ4n) is 1.11. The van der Waals surface area contributed by atoms with Crippen LogP contribution in [0.25, 0.3) is 5.57 Å². The Morgan fingerprint density at radius 2 is 2.07 bits per heavy atom. The molecule has 80 valence electrons. The van der Waals surface area contributed by atoms with Crippen LogP contribution in [0.15, 0.2) is 24.3 Å². The highest BCUT2D eigenvalue weighted by Crippen LogP contribution is 2.18. The Morgan fingerprint density at radius 3 is 2.53 bits per heavy atom. The second-order valence-corrected chi connectivity index (χ2v) is 2.79. The minimum absolute atomic E-state index is 0.111. The molecule has 0 aliphatic heterocycles. The Labute approximate surface area is 84.3 Å². The number of halogens is 2. The van der Waals surface area contributed by atoms with E-state index in [4.69, 9.17) is 10.2 Å². The number of rotatable bonds is 3. The molecule has 0 spiro atoms. The molecule has 0 heterocycles. The molecular weight excluding hydrogens is 206 g/mol. The summed E-state index contributed by atoms with van der Waals surface area (Å²) in [5, 5.41) is 17.3. The molecule has 1 rings (SSSR count). The third kappa shape index (κ3) is 2.85. The molecule has 0 atom stereocenters. The summed E-state index contributed by atoms with van der Waals surface area (Å²) < 4.78 is 25.7. The Morgan fingerprint density at radius 1 is 1.40 bits per heavy atom. The van der Waals surface area contributed by atoms with Crippen LogP contribution in [0.5, 0.6) is 0 Å². The van der Waals surface area contributed by atoms with Crippen LogP contribution in [0, 0.1) is 11.6 Å². The molecule has 0 unspecified atom stereocenters. The van der Waals surface area contributed by atoms with Crippen molar-refractivity contribution >= 4 is 11.5 Å². The van der Waals surface area contributed by atoms with Gasteiger partial charge in [-0.1, -0.05) is 0 Å². The Hall–Kier alpha value is -1.75. The Kier molecular flexibility index (Phi) is 3.51. The number of carboxylic acid groups (broad SMARTS) is 1. The Balaban J connectivity index is 3.19. The first-order valence-corrected chi connectivity index (χ1v) is 4.04. The van der Waals surface area contributed by atoms with E-state index in [0.29, 0.717) is 12.1 Å². The van der Waals surface area contributed by atoms with Crippen molar-refractivity contribution in [2.45, 2.75) is 0 Å². The smallest absolute Gasteiger partial charge is 0.328 e. The quantitative estimate of drug-likeness (QED) is 0.748. The molecule has 0 saturated heterocycles. The molecule has 0 radical (unpaired) electrons. The van der Waals surface area contributed by atoms with Crippen LogP contribution < -0.4 is 0 Å². The van der Waals surface area contributed by atoms with Crippen molar-refractivity contribution in [3.05, 3.63) is 41.5 Å². The van der Waals surface area contributed by atoms with Crippen LogP contribution in [0.2, 0.25) is 0 Å². The number of aliphatic carboxylic acids is 1. The topological polar surface area (TPSA) is 57.5 Å². The number of hydrogen-bond donors (Lipinski definition) is 2. The molecule has 0 aliphatic rings. The first-order chi connectivity index (χ1) is 7.04. The fraction of sp³-hybridized carbons (Fsp3) is 0.100. The average Bonchev–Trinajstić information content (AvgIpc) is 2.14. The van der Waals surface area contributed by atoms with Crippen LogP contribution in [0.3, 0.4) is 0 Å². The van der Waals surface area contributed by atoms with Crippen molar-refractivity contribution in [1.82, 2.24) is 0 Å². The van der Waals surface area contributed by atoms with E-state index in [1.54, 1.807) is 0 Å². The van der Waals surface area contributed by atoms with Gasteiger partial charge in [0.25, 0.3) is 0 Å². The van der Waals surface area contributed by atoms with Gasteiger partial charge < -0.3 is 10.2 Å². The maximum atomic E-state index is 13.2. The van der Waals surface area contributed by atoms with Crippen LogP contribution in [-0.4, -0.2) is 22.8 Å². The fourth-order valence-corrected chi connectivity index (χ4v) is 1.11. The van der Waals surface area contributed by atoms with Crippen molar-refractivity contribution in [2.75, 3.05) is 6.61 Å². The Bertz CT molecular complexity index is 413.